The molecule has 0 aromatic heterocycles. The molecule has 6 heteroatoms. The van der Waals surface area contributed by atoms with E-state index in [-0.39, 0.29) is 22.6 Å². The maximum absolute atomic E-state index is 12.2. The summed E-state index contributed by atoms with van der Waals surface area (Å²) in [6, 6.07) is 0.314. The number of nitrogens with zero attached hydrogens (tertiary/aromatic N) is 2. The second-order valence-electron chi connectivity index (χ2n) is 7.28. The Labute approximate surface area is 138 Å². The second-order valence-corrected chi connectivity index (χ2v) is 9.08. The van der Waals surface area contributed by atoms with Crippen molar-refractivity contribution in [3.8, 4) is 0 Å². The van der Waals surface area contributed by atoms with E-state index >= 15 is 0 Å². The first-order chi connectivity index (χ1) is 10.3. The average molecular weight is 327 g/mol. The van der Waals surface area contributed by atoms with Gasteiger partial charge in [-0.25, -0.2) is 0 Å². The molecule has 1 saturated heterocycles. The molecule has 1 atom stereocenters. The summed E-state index contributed by atoms with van der Waals surface area (Å²) in [6.07, 6.45) is 2.23. The van der Waals surface area contributed by atoms with Crippen molar-refractivity contribution in [2.75, 3.05) is 31.9 Å². The smallest absolute Gasteiger partial charge is 0.237 e. The van der Waals surface area contributed by atoms with E-state index in [1.165, 1.54) is 0 Å². The van der Waals surface area contributed by atoms with Gasteiger partial charge in [0, 0.05) is 37.0 Å². The Kier molecular flexibility index (Phi) is 5.77. The summed E-state index contributed by atoms with van der Waals surface area (Å²) < 4.78 is 0.118. The van der Waals surface area contributed by atoms with Gasteiger partial charge in [-0.2, -0.15) is 0 Å². The van der Waals surface area contributed by atoms with Crippen molar-refractivity contribution in [2.45, 2.75) is 57.4 Å². The van der Waals surface area contributed by atoms with E-state index in [1.54, 1.807) is 11.8 Å². The number of thioether (sulfide) groups is 1. The SMILES string of the molecule is CC(C(=O)NC1CC1)N1CCN(C(=O)CSC(C)(C)C)CC1. The lowest BCUT2D eigenvalue weighted by molar-refractivity contribution is -0.131. The van der Waals surface area contributed by atoms with Gasteiger partial charge in [0.25, 0.3) is 0 Å². The van der Waals surface area contributed by atoms with Crippen LogP contribution in [-0.4, -0.2) is 70.4 Å². The number of carbonyl (C=O) groups is 2. The minimum absolute atomic E-state index is 0.0956. The number of amides is 2. The van der Waals surface area contributed by atoms with Gasteiger partial charge >= 0.3 is 0 Å². The van der Waals surface area contributed by atoms with Crippen LogP contribution in [0.1, 0.15) is 40.5 Å². The van der Waals surface area contributed by atoms with Crippen molar-refractivity contribution in [1.29, 1.82) is 0 Å². The largest absolute Gasteiger partial charge is 0.352 e. The summed E-state index contributed by atoms with van der Waals surface area (Å²) in [5.41, 5.74) is 0. The minimum Gasteiger partial charge on any atom is -0.352 e. The molecule has 0 spiro atoms. The second kappa shape index (κ2) is 7.21. The molecular weight excluding hydrogens is 298 g/mol. The van der Waals surface area contributed by atoms with Crippen LogP contribution in [0.3, 0.4) is 0 Å². The van der Waals surface area contributed by atoms with Gasteiger partial charge in [0.2, 0.25) is 11.8 Å². The fraction of sp³-hybridized carbons (Fsp3) is 0.875. The molecule has 2 amide bonds. The summed E-state index contributed by atoms with van der Waals surface area (Å²) in [5, 5.41) is 3.06. The van der Waals surface area contributed by atoms with Crippen LogP contribution in [-0.2, 0) is 9.59 Å². The Bertz CT molecular complexity index is 410. The molecule has 5 nitrogen and oxygen atoms in total. The zero-order valence-electron chi connectivity index (χ0n) is 14.2. The van der Waals surface area contributed by atoms with Gasteiger partial charge in [-0.15, -0.1) is 11.8 Å². The Morgan fingerprint density at radius 2 is 1.77 bits per heavy atom. The number of hydrogen-bond donors (Lipinski definition) is 1. The molecule has 1 saturated carbocycles. The van der Waals surface area contributed by atoms with Gasteiger partial charge in [0.05, 0.1) is 11.8 Å². The first-order valence-corrected chi connectivity index (χ1v) is 9.21. The van der Waals surface area contributed by atoms with Crippen molar-refractivity contribution in [3.63, 3.8) is 0 Å². The average Bonchev–Trinajstić information content (AvgIpc) is 3.27. The predicted octanol–water partition coefficient (Wildman–Crippen LogP) is 1.33. The van der Waals surface area contributed by atoms with E-state index in [0.29, 0.717) is 11.8 Å². The number of rotatable bonds is 5. The number of carbonyl (C=O) groups excluding carboxylic acids is 2. The molecule has 1 heterocycles. The number of piperazine rings is 1. The van der Waals surface area contributed by atoms with Gasteiger partial charge in [-0.1, -0.05) is 20.8 Å². The minimum atomic E-state index is -0.0956. The maximum Gasteiger partial charge on any atom is 0.237 e. The van der Waals surface area contributed by atoms with Crippen molar-refractivity contribution >= 4 is 23.6 Å². The lowest BCUT2D eigenvalue weighted by Crippen LogP contribution is -2.55. The highest BCUT2D eigenvalue weighted by Crippen LogP contribution is 2.23. The zero-order valence-corrected chi connectivity index (χ0v) is 15.0. The van der Waals surface area contributed by atoms with E-state index in [4.69, 9.17) is 0 Å². The van der Waals surface area contributed by atoms with Crippen molar-refractivity contribution in [1.82, 2.24) is 15.1 Å². The third-order valence-electron chi connectivity index (χ3n) is 4.15. The summed E-state index contributed by atoms with van der Waals surface area (Å²) >= 11 is 1.69. The molecule has 0 bridgehead atoms. The highest BCUT2D eigenvalue weighted by molar-refractivity contribution is 8.01. The Morgan fingerprint density at radius 3 is 2.27 bits per heavy atom. The summed E-state index contributed by atoms with van der Waals surface area (Å²) in [4.78, 5) is 28.4. The molecule has 1 N–H and O–H groups in total. The monoisotopic (exact) mass is 327 g/mol. The van der Waals surface area contributed by atoms with E-state index in [9.17, 15) is 9.59 Å². The lowest BCUT2D eigenvalue weighted by Gasteiger charge is -2.37. The van der Waals surface area contributed by atoms with Crippen LogP contribution in [0.15, 0.2) is 0 Å². The summed E-state index contributed by atoms with van der Waals surface area (Å²) in [6.45, 7) is 11.4. The van der Waals surface area contributed by atoms with Gasteiger partial charge in [0.15, 0.2) is 0 Å². The van der Waals surface area contributed by atoms with Gasteiger partial charge in [-0.3, -0.25) is 14.5 Å². The van der Waals surface area contributed by atoms with Crippen LogP contribution in [0.2, 0.25) is 0 Å². The first-order valence-electron chi connectivity index (χ1n) is 8.22. The molecule has 1 unspecified atom stereocenters. The zero-order chi connectivity index (χ0) is 16.3. The predicted molar refractivity (Wildman–Crippen MR) is 91.0 cm³/mol. The van der Waals surface area contributed by atoms with Gasteiger partial charge < -0.3 is 10.2 Å². The molecule has 1 aliphatic heterocycles. The molecule has 0 radical (unpaired) electrons. The highest BCUT2D eigenvalue weighted by atomic mass is 32.2. The maximum atomic E-state index is 12.2. The molecule has 0 aromatic rings. The van der Waals surface area contributed by atoms with Crippen molar-refractivity contribution in [2.24, 2.45) is 0 Å². The van der Waals surface area contributed by atoms with E-state index < -0.39 is 0 Å². The van der Waals surface area contributed by atoms with Crippen LogP contribution in [0, 0.1) is 0 Å². The summed E-state index contributed by atoms with van der Waals surface area (Å²) in [7, 11) is 0. The first kappa shape index (κ1) is 17.6. The van der Waals surface area contributed by atoms with Crippen LogP contribution in [0.5, 0.6) is 0 Å². The molecule has 22 heavy (non-hydrogen) atoms. The van der Waals surface area contributed by atoms with Crippen LogP contribution in [0.4, 0.5) is 0 Å². The fourth-order valence-corrected chi connectivity index (χ4v) is 3.18. The molecule has 1 aliphatic carbocycles. The lowest BCUT2D eigenvalue weighted by atomic mass is 10.2. The molecule has 0 aromatic carbocycles. The van der Waals surface area contributed by atoms with Crippen molar-refractivity contribution < 1.29 is 9.59 Å². The molecule has 2 fully saturated rings. The number of hydrogen-bond acceptors (Lipinski definition) is 4. The Balaban J connectivity index is 1.72. The highest BCUT2D eigenvalue weighted by Gasteiger charge is 2.31. The fourth-order valence-electron chi connectivity index (χ4n) is 2.44. The van der Waals surface area contributed by atoms with Crippen molar-refractivity contribution in [3.05, 3.63) is 0 Å². The quantitative estimate of drug-likeness (QED) is 0.828. The Hall–Kier alpha value is -0.750. The van der Waals surface area contributed by atoms with Gasteiger partial charge in [0.1, 0.15) is 0 Å². The van der Waals surface area contributed by atoms with Crippen LogP contribution < -0.4 is 5.32 Å². The molecule has 2 rings (SSSR count). The molecule has 126 valence electrons. The standard InChI is InChI=1S/C16H29N3O2S/c1-12(15(21)17-13-5-6-13)18-7-9-19(10-8-18)14(20)11-22-16(2,3)4/h12-13H,5-11H2,1-4H3,(H,17,21). The molecule has 2 aliphatic rings. The van der Waals surface area contributed by atoms with E-state index in [0.717, 1.165) is 39.0 Å². The number of nitrogens with one attached hydrogen (secondary N) is 1. The van der Waals surface area contributed by atoms with Gasteiger partial charge in [-0.05, 0) is 19.8 Å². The molecular formula is C16H29N3O2S. The van der Waals surface area contributed by atoms with E-state index in [1.807, 2.05) is 11.8 Å². The summed E-state index contributed by atoms with van der Waals surface area (Å²) in [5.74, 6) is 0.890. The van der Waals surface area contributed by atoms with Crippen LogP contribution >= 0.6 is 11.8 Å². The third-order valence-corrected chi connectivity index (χ3v) is 5.40. The topological polar surface area (TPSA) is 52.7 Å². The van der Waals surface area contributed by atoms with Crippen LogP contribution in [0.25, 0.3) is 0 Å². The normalized spacial score (nSPS) is 21.5. The van der Waals surface area contributed by atoms with E-state index in [2.05, 4.69) is 31.0 Å². The Morgan fingerprint density at radius 1 is 1.18 bits per heavy atom. The third kappa shape index (κ3) is 5.47.